The maximum atomic E-state index is 13.7. The van der Waals surface area contributed by atoms with Crippen molar-refractivity contribution in [1.82, 2.24) is 14.7 Å². The number of carbonyl (C=O) groups excluding carboxylic acids is 1. The van der Waals surface area contributed by atoms with E-state index < -0.39 is 0 Å². The van der Waals surface area contributed by atoms with E-state index in [1.165, 1.54) is 0 Å². The number of allylic oxidation sites excluding steroid dienone is 8. The van der Waals surface area contributed by atoms with Gasteiger partial charge in [-0.3, -0.25) is 4.79 Å². The standard InChI is InChI=1S/C32H29N5O/c1-35(2)16-14-26-18-24(19-27(15-17-36(3)4)37(26)22-23-10-6-5-7-11-23)31-30(25(20-33)21-34)28-12-8-9-13-29(28)32(31)38/h5-19H,22H2,1-4H3/b16-14+,17-15+. The molecule has 2 aromatic carbocycles. The number of hydrogen-bond acceptors (Lipinski definition) is 6. The van der Waals surface area contributed by atoms with E-state index in [9.17, 15) is 15.3 Å². The van der Waals surface area contributed by atoms with Crippen molar-refractivity contribution in [1.29, 1.82) is 10.5 Å². The smallest absolute Gasteiger partial charge is 0.194 e. The maximum absolute atomic E-state index is 13.7. The fourth-order valence-electron chi connectivity index (χ4n) is 4.44. The predicted molar refractivity (Wildman–Crippen MR) is 150 cm³/mol. The molecule has 4 rings (SSSR count). The lowest BCUT2D eigenvalue weighted by atomic mass is 9.92. The fourth-order valence-corrected chi connectivity index (χ4v) is 4.44. The molecule has 0 bridgehead atoms. The van der Waals surface area contributed by atoms with Crippen LogP contribution in [-0.2, 0) is 6.54 Å². The van der Waals surface area contributed by atoms with Crippen LogP contribution in [0.3, 0.4) is 0 Å². The number of ketones is 1. The van der Waals surface area contributed by atoms with E-state index >= 15 is 0 Å². The van der Waals surface area contributed by atoms with Crippen molar-refractivity contribution in [2.45, 2.75) is 6.54 Å². The zero-order chi connectivity index (χ0) is 27.2. The van der Waals surface area contributed by atoms with Crippen LogP contribution in [0.1, 0.15) is 21.5 Å². The van der Waals surface area contributed by atoms with Crippen molar-refractivity contribution < 1.29 is 4.79 Å². The Hall–Kier alpha value is -5.07. The molecule has 0 amide bonds. The molecule has 38 heavy (non-hydrogen) atoms. The minimum absolute atomic E-state index is 0.0740. The van der Waals surface area contributed by atoms with Crippen LogP contribution >= 0.6 is 0 Å². The highest BCUT2D eigenvalue weighted by molar-refractivity contribution is 6.28. The van der Waals surface area contributed by atoms with E-state index in [1.54, 1.807) is 18.2 Å². The van der Waals surface area contributed by atoms with Crippen molar-refractivity contribution >= 4 is 11.4 Å². The zero-order valence-corrected chi connectivity index (χ0v) is 22.0. The SMILES string of the molecule is CN(C)/C=C/C1=CC(=C2C(=O)c3ccccc3C2=C(C#N)C#N)C=C(/C=C/N(C)C)N1Cc1ccccc1. The van der Waals surface area contributed by atoms with Gasteiger partial charge in [0, 0.05) is 75.2 Å². The lowest BCUT2D eigenvalue weighted by Gasteiger charge is -2.31. The Morgan fingerprint density at radius 1 is 0.816 bits per heavy atom. The van der Waals surface area contributed by atoms with Crippen LogP contribution in [0, 0.1) is 22.7 Å². The lowest BCUT2D eigenvalue weighted by molar-refractivity contribution is 0.104. The number of Topliss-reactive ketones (excluding diaryl/α,β-unsaturated/α-hetero) is 1. The van der Waals surface area contributed by atoms with Gasteiger partial charge in [-0.1, -0.05) is 54.6 Å². The van der Waals surface area contributed by atoms with Gasteiger partial charge < -0.3 is 14.7 Å². The summed E-state index contributed by atoms with van der Waals surface area (Å²) in [6, 6.07) is 21.4. The first-order valence-corrected chi connectivity index (χ1v) is 12.2. The molecular formula is C32H29N5O. The third-order valence-electron chi connectivity index (χ3n) is 6.18. The molecular weight excluding hydrogens is 470 g/mol. The van der Waals surface area contributed by atoms with Crippen LogP contribution in [0.25, 0.3) is 5.57 Å². The zero-order valence-electron chi connectivity index (χ0n) is 22.0. The van der Waals surface area contributed by atoms with Gasteiger partial charge in [0.25, 0.3) is 0 Å². The van der Waals surface area contributed by atoms with Gasteiger partial charge in [0.05, 0.1) is 0 Å². The Bertz CT molecular complexity index is 1470. The van der Waals surface area contributed by atoms with E-state index in [2.05, 4.69) is 17.0 Å². The molecule has 1 heterocycles. The van der Waals surface area contributed by atoms with Crippen molar-refractivity contribution in [2.75, 3.05) is 28.2 Å². The van der Waals surface area contributed by atoms with Crippen LogP contribution in [0.2, 0.25) is 0 Å². The number of carbonyl (C=O) groups is 1. The number of fused-ring (bicyclic) bond motifs is 1. The van der Waals surface area contributed by atoms with Crippen molar-refractivity contribution in [3.05, 3.63) is 136 Å². The van der Waals surface area contributed by atoms with Gasteiger partial charge in [-0.25, -0.2) is 0 Å². The third kappa shape index (κ3) is 5.36. The second-order valence-corrected chi connectivity index (χ2v) is 9.45. The average molecular weight is 500 g/mol. The highest BCUT2D eigenvalue weighted by atomic mass is 16.1. The van der Waals surface area contributed by atoms with Crippen LogP contribution in [0.4, 0.5) is 0 Å². The summed E-state index contributed by atoms with van der Waals surface area (Å²) in [6.45, 7) is 0.620. The minimum atomic E-state index is -0.190. The normalized spacial score (nSPS) is 14.8. The molecule has 1 aliphatic heterocycles. The summed E-state index contributed by atoms with van der Waals surface area (Å²) >= 11 is 0. The summed E-state index contributed by atoms with van der Waals surface area (Å²) in [5, 5.41) is 19.6. The summed E-state index contributed by atoms with van der Waals surface area (Å²) in [4.78, 5) is 19.8. The predicted octanol–water partition coefficient (Wildman–Crippen LogP) is 5.41. The molecule has 0 unspecified atom stereocenters. The van der Waals surface area contributed by atoms with Gasteiger partial charge in [-0.2, -0.15) is 10.5 Å². The molecule has 0 saturated heterocycles. The topological polar surface area (TPSA) is 74.4 Å². The number of benzene rings is 2. The molecule has 188 valence electrons. The van der Waals surface area contributed by atoms with Crippen molar-refractivity contribution in [3.8, 4) is 12.1 Å². The molecule has 0 atom stereocenters. The summed E-state index contributed by atoms with van der Waals surface area (Å²) in [6.07, 6.45) is 11.9. The van der Waals surface area contributed by atoms with E-state index in [0.717, 1.165) is 17.0 Å². The van der Waals surface area contributed by atoms with Crippen LogP contribution in [-0.4, -0.2) is 48.7 Å². The van der Waals surface area contributed by atoms with Crippen LogP contribution in [0.15, 0.2) is 119 Å². The quantitative estimate of drug-likeness (QED) is 0.391. The first-order valence-electron chi connectivity index (χ1n) is 12.2. The minimum Gasteiger partial charge on any atom is -0.383 e. The largest absolute Gasteiger partial charge is 0.383 e. The Morgan fingerprint density at radius 3 is 1.87 bits per heavy atom. The first-order chi connectivity index (χ1) is 18.3. The summed E-state index contributed by atoms with van der Waals surface area (Å²) < 4.78 is 0. The van der Waals surface area contributed by atoms with Gasteiger partial charge >= 0.3 is 0 Å². The second-order valence-electron chi connectivity index (χ2n) is 9.45. The molecule has 6 nitrogen and oxygen atoms in total. The Morgan fingerprint density at radius 2 is 1.34 bits per heavy atom. The molecule has 0 aromatic heterocycles. The van der Waals surface area contributed by atoms with Gasteiger partial charge in [0.2, 0.25) is 0 Å². The highest BCUT2D eigenvalue weighted by Crippen LogP contribution is 2.42. The van der Waals surface area contributed by atoms with Gasteiger partial charge in [0.1, 0.15) is 17.7 Å². The number of nitriles is 2. The second kappa shape index (κ2) is 11.3. The summed E-state index contributed by atoms with van der Waals surface area (Å²) in [5.74, 6) is -0.190. The third-order valence-corrected chi connectivity index (χ3v) is 6.18. The Kier molecular flexibility index (Phi) is 7.75. The van der Waals surface area contributed by atoms with Gasteiger partial charge in [-0.15, -0.1) is 0 Å². The van der Waals surface area contributed by atoms with Crippen LogP contribution < -0.4 is 0 Å². The van der Waals surface area contributed by atoms with E-state index in [4.69, 9.17) is 0 Å². The number of rotatable bonds is 6. The molecule has 0 radical (unpaired) electrons. The molecule has 2 aliphatic rings. The molecule has 1 aliphatic carbocycles. The van der Waals surface area contributed by atoms with Gasteiger partial charge in [-0.05, 0) is 41.0 Å². The highest BCUT2D eigenvalue weighted by Gasteiger charge is 2.35. The fraction of sp³-hybridized carbons (Fsp3) is 0.156. The van der Waals surface area contributed by atoms with Gasteiger partial charge in [0.15, 0.2) is 5.78 Å². The Balaban J connectivity index is 2.00. The lowest BCUT2D eigenvalue weighted by Crippen LogP contribution is -2.24. The molecule has 0 spiro atoms. The van der Waals surface area contributed by atoms with E-state index in [0.29, 0.717) is 34.4 Å². The number of nitrogens with zero attached hydrogens (tertiary/aromatic N) is 5. The van der Waals surface area contributed by atoms with Crippen molar-refractivity contribution in [2.24, 2.45) is 0 Å². The molecule has 0 fully saturated rings. The van der Waals surface area contributed by atoms with E-state index in [-0.39, 0.29) is 11.4 Å². The van der Waals surface area contributed by atoms with Crippen LogP contribution in [0.5, 0.6) is 0 Å². The molecule has 0 saturated carbocycles. The molecule has 6 heteroatoms. The summed E-state index contributed by atoms with van der Waals surface area (Å²) in [7, 11) is 7.81. The molecule has 2 aromatic rings. The average Bonchev–Trinajstić information content (AvgIpc) is 3.20. The Labute approximate surface area is 224 Å². The first kappa shape index (κ1) is 26.0. The number of hydrogen-bond donors (Lipinski definition) is 0. The van der Waals surface area contributed by atoms with Crippen molar-refractivity contribution in [3.63, 3.8) is 0 Å². The molecule has 0 N–H and O–H groups in total. The maximum Gasteiger partial charge on any atom is 0.194 e. The van der Waals surface area contributed by atoms with E-state index in [1.807, 2.05) is 111 Å². The monoisotopic (exact) mass is 499 g/mol. The summed E-state index contributed by atoms with van der Waals surface area (Å²) in [5.41, 5.74) is 5.35.